The van der Waals surface area contributed by atoms with Gasteiger partial charge >= 0.3 is 0 Å². The summed E-state index contributed by atoms with van der Waals surface area (Å²) in [4.78, 5) is 6.78. The smallest absolute Gasteiger partial charge is 0.208 e. The third-order valence-electron chi connectivity index (χ3n) is 3.80. The molecule has 2 unspecified atom stereocenters. The molecular formula is C16H21N3O. The van der Waals surface area contributed by atoms with Crippen molar-refractivity contribution < 1.29 is 4.42 Å². The van der Waals surface area contributed by atoms with Crippen molar-refractivity contribution >= 4 is 0 Å². The highest BCUT2D eigenvalue weighted by molar-refractivity contribution is 5.20. The number of nitrogens with zero attached hydrogens (tertiary/aromatic N) is 2. The molecule has 20 heavy (non-hydrogen) atoms. The number of hydrogen-bond acceptors (Lipinski definition) is 4. The molecule has 2 atom stereocenters. The van der Waals surface area contributed by atoms with E-state index in [-0.39, 0.29) is 0 Å². The normalized spacial score (nSPS) is 23.9. The fraction of sp³-hybridized carbons (Fsp3) is 0.438. The molecule has 0 aliphatic carbocycles. The van der Waals surface area contributed by atoms with Gasteiger partial charge in [-0.3, -0.25) is 4.90 Å². The van der Waals surface area contributed by atoms with Crippen LogP contribution in [-0.2, 0) is 6.54 Å². The summed E-state index contributed by atoms with van der Waals surface area (Å²) in [5.41, 5.74) is 1.34. The summed E-state index contributed by atoms with van der Waals surface area (Å²) in [5, 5.41) is 3.56. The van der Waals surface area contributed by atoms with Gasteiger partial charge in [-0.1, -0.05) is 30.3 Å². The third-order valence-corrected chi connectivity index (χ3v) is 3.80. The molecule has 1 N–H and O–H groups in total. The Labute approximate surface area is 119 Å². The number of rotatable bonds is 3. The number of oxazole rings is 1. The first-order valence-corrected chi connectivity index (χ1v) is 7.16. The van der Waals surface area contributed by atoms with Crippen molar-refractivity contribution in [2.75, 3.05) is 13.1 Å². The van der Waals surface area contributed by atoms with Crippen LogP contribution in [0.15, 0.2) is 40.9 Å². The molecule has 0 spiro atoms. The Morgan fingerprint density at radius 3 is 2.85 bits per heavy atom. The Kier molecular flexibility index (Phi) is 3.85. The third kappa shape index (κ3) is 2.92. The fourth-order valence-electron chi connectivity index (χ4n) is 2.81. The Morgan fingerprint density at radius 2 is 2.15 bits per heavy atom. The van der Waals surface area contributed by atoms with Crippen LogP contribution in [0.3, 0.4) is 0 Å². The molecule has 1 fully saturated rings. The zero-order valence-electron chi connectivity index (χ0n) is 12.0. The molecule has 1 aliphatic heterocycles. The van der Waals surface area contributed by atoms with Gasteiger partial charge < -0.3 is 9.73 Å². The van der Waals surface area contributed by atoms with Gasteiger partial charge in [0.2, 0.25) is 5.89 Å². The standard InChI is InChI=1S/C16H21N3O/c1-12-10-19(11-16-18-8-13(2)20-16)15(9-17-12)14-6-4-3-5-7-14/h3-8,12,15,17H,9-11H2,1-2H3. The highest BCUT2D eigenvalue weighted by Crippen LogP contribution is 2.25. The molecule has 3 rings (SSSR count). The first-order valence-electron chi connectivity index (χ1n) is 7.16. The number of hydrogen-bond donors (Lipinski definition) is 1. The summed E-state index contributed by atoms with van der Waals surface area (Å²) in [6.45, 7) is 6.88. The van der Waals surface area contributed by atoms with Crippen molar-refractivity contribution in [3.63, 3.8) is 0 Å². The lowest BCUT2D eigenvalue weighted by molar-refractivity contribution is 0.116. The molecule has 2 aromatic rings. The summed E-state index contributed by atoms with van der Waals surface area (Å²) in [7, 11) is 0. The second kappa shape index (κ2) is 5.77. The Hall–Kier alpha value is -1.65. The van der Waals surface area contributed by atoms with E-state index in [1.165, 1.54) is 5.56 Å². The van der Waals surface area contributed by atoms with Gasteiger partial charge in [0.25, 0.3) is 0 Å². The molecule has 1 saturated heterocycles. The van der Waals surface area contributed by atoms with Gasteiger partial charge in [0.1, 0.15) is 5.76 Å². The van der Waals surface area contributed by atoms with Crippen molar-refractivity contribution in [1.29, 1.82) is 0 Å². The van der Waals surface area contributed by atoms with Crippen LogP contribution < -0.4 is 5.32 Å². The van der Waals surface area contributed by atoms with E-state index in [0.717, 1.165) is 31.3 Å². The molecule has 106 valence electrons. The van der Waals surface area contributed by atoms with Crippen molar-refractivity contribution in [3.05, 3.63) is 53.7 Å². The van der Waals surface area contributed by atoms with Crippen molar-refractivity contribution in [2.45, 2.75) is 32.5 Å². The summed E-state index contributed by atoms with van der Waals surface area (Å²) < 4.78 is 5.63. The minimum Gasteiger partial charge on any atom is -0.445 e. The van der Waals surface area contributed by atoms with E-state index in [9.17, 15) is 0 Å². The van der Waals surface area contributed by atoms with Crippen LogP contribution in [0.2, 0.25) is 0 Å². The molecule has 2 heterocycles. The van der Waals surface area contributed by atoms with Crippen LogP contribution in [0.1, 0.15) is 30.2 Å². The number of benzene rings is 1. The quantitative estimate of drug-likeness (QED) is 0.931. The van der Waals surface area contributed by atoms with Crippen LogP contribution in [0.4, 0.5) is 0 Å². The maximum atomic E-state index is 5.63. The van der Waals surface area contributed by atoms with E-state index < -0.39 is 0 Å². The van der Waals surface area contributed by atoms with Crippen LogP contribution >= 0.6 is 0 Å². The maximum Gasteiger partial charge on any atom is 0.208 e. The number of aryl methyl sites for hydroxylation is 1. The highest BCUT2D eigenvalue weighted by atomic mass is 16.4. The van der Waals surface area contributed by atoms with E-state index in [0.29, 0.717) is 12.1 Å². The van der Waals surface area contributed by atoms with Crippen molar-refractivity contribution in [3.8, 4) is 0 Å². The zero-order chi connectivity index (χ0) is 13.9. The van der Waals surface area contributed by atoms with Crippen LogP contribution in [0, 0.1) is 6.92 Å². The minimum atomic E-state index is 0.375. The SMILES string of the molecule is Cc1cnc(CN2CC(C)NCC2c2ccccc2)o1. The second-order valence-electron chi connectivity index (χ2n) is 5.53. The maximum absolute atomic E-state index is 5.63. The lowest BCUT2D eigenvalue weighted by atomic mass is 10.0. The molecule has 4 nitrogen and oxygen atoms in total. The average molecular weight is 271 g/mol. The lowest BCUT2D eigenvalue weighted by Gasteiger charge is -2.39. The van der Waals surface area contributed by atoms with Crippen LogP contribution in [0.5, 0.6) is 0 Å². The van der Waals surface area contributed by atoms with Gasteiger partial charge in [-0.15, -0.1) is 0 Å². The van der Waals surface area contributed by atoms with E-state index in [1.807, 2.05) is 6.92 Å². The second-order valence-corrected chi connectivity index (χ2v) is 5.53. The Morgan fingerprint density at radius 1 is 1.35 bits per heavy atom. The monoisotopic (exact) mass is 271 g/mol. The largest absolute Gasteiger partial charge is 0.445 e. The topological polar surface area (TPSA) is 41.3 Å². The number of aromatic nitrogens is 1. The highest BCUT2D eigenvalue weighted by Gasteiger charge is 2.27. The summed E-state index contributed by atoms with van der Waals surface area (Å²) in [6.07, 6.45) is 1.79. The van der Waals surface area contributed by atoms with Gasteiger partial charge in [0.05, 0.1) is 12.7 Å². The number of piperazine rings is 1. The lowest BCUT2D eigenvalue weighted by Crippen LogP contribution is -2.50. The summed E-state index contributed by atoms with van der Waals surface area (Å²) in [6, 6.07) is 11.5. The molecule has 0 saturated carbocycles. The molecule has 0 bridgehead atoms. The van der Waals surface area contributed by atoms with Gasteiger partial charge in [0.15, 0.2) is 0 Å². The summed E-state index contributed by atoms with van der Waals surface area (Å²) in [5.74, 6) is 1.68. The first-order chi connectivity index (χ1) is 9.72. The van der Waals surface area contributed by atoms with Gasteiger partial charge in [-0.05, 0) is 19.4 Å². The zero-order valence-corrected chi connectivity index (χ0v) is 12.0. The Balaban J connectivity index is 1.80. The van der Waals surface area contributed by atoms with Crippen LogP contribution in [0.25, 0.3) is 0 Å². The van der Waals surface area contributed by atoms with Crippen LogP contribution in [-0.4, -0.2) is 29.0 Å². The minimum absolute atomic E-state index is 0.375. The first kappa shape index (κ1) is 13.3. The van der Waals surface area contributed by atoms with Crippen molar-refractivity contribution in [1.82, 2.24) is 15.2 Å². The molecule has 0 amide bonds. The molecule has 4 heteroatoms. The number of nitrogens with one attached hydrogen (secondary N) is 1. The predicted molar refractivity (Wildman–Crippen MR) is 78.3 cm³/mol. The molecule has 1 aromatic carbocycles. The fourth-order valence-corrected chi connectivity index (χ4v) is 2.81. The van der Waals surface area contributed by atoms with E-state index >= 15 is 0 Å². The van der Waals surface area contributed by atoms with Gasteiger partial charge in [-0.2, -0.15) is 0 Å². The average Bonchev–Trinajstić information content (AvgIpc) is 2.85. The molecular weight excluding hydrogens is 250 g/mol. The van der Waals surface area contributed by atoms with Crippen molar-refractivity contribution in [2.24, 2.45) is 0 Å². The summed E-state index contributed by atoms with van der Waals surface area (Å²) >= 11 is 0. The van der Waals surface area contributed by atoms with E-state index in [2.05, 4.69) is 52.5 Å². The molecule has 1 aliphatic rings. The molecule has 1 aromatic heterocycles. The predicted octanol–water partition coefficient (Wildman–Crippen LogP) is 2.52. The van der Waals surface area contributed by atoms with E-state index in [1.54, 1.807) is 6.20 Å². The van der Waals surface area contributed by atoms with Gasteiger partial charge in [0, 0.05) is 25.2 Å². The van der Waals surface area contributed by atoms with E-state index in [4.69, 9.17) is 4.42 Å². The molecule has 0 radical (unpaired) electrons. The van der Waals surface area contributed by atoms with Gasteiger partial charge in [-0.25, -0.2) is 4.98 Å². The Bertz CT molecular complexity index is 552.